The van der Waals surface area contributed by atoms with E-state index in [1.54, 1.807) is 4.90 Å². The van der Waals surface area contributed by atoms with Crippen LogP contribution in [0, 0.1) is 11.8 Å². The van der Waals surface area contributed by atoms with Gasteiger partial charge in [0.15, 0.2) is 0 Å². The van der Waals surface area contributed by atoms with E-state index in [0.29, 0.717) is 19.6 Å². The Morgan fingerprint density at radius 1 is 0.400 bits per heavy atom. The number of H-pyrrole nitrogens is 4. The fourth-order valence-electron chi connectivity index (χ4n) is 18.4. The summed E-state index contributed by atoms with van der Waals surface area (Å²) in [7, 11) is 2.60. The number of carboxylic acids is 1. The molecular weight excluding hydrogens is 1640 g/mol. The Bertz CT molecular complexity index is 5890. The second-order valence-electron chi connectivity index (χ2n) is 35.5. The van der Waals surface area contributed by atoms with Crippen molar-refractivity contribution in [2.75, 3.05) is 66.6 Å². The van der Waals surface area contributed by atoms with Crippen molar-refractivity contribution < 1.29 is 52.9 Å². The molecule has 8 atom stereocenters. The van der Waals surface area contributed by atoms with Crippen molar-refractivity contribution in [3.05, 3.63) is 241 Å². The van der Waals surface area contributed by atoms with Gasteiger partial charge in [0.25, 0.3) is 0 Å². The molecule has 680 valence electrons. The van der Waals surface area contributed by atoms with Gasteiger partial charge in [-0.25, -0.2) is 34.3 Å². The third kappa shape index (κ3) is 21.3. The van der Waals surface area contributed by atoms with E-state index >= 15 is 0 Å². The zero-order valence-electron chi connectivity index (χ0n) is 76.7. The Morgan fingerprint density at radius 3 is 1.02 bits per heavy atom. The molecule has 2 unspecified atom stereocenters. The third-order valence-corrected chi connectivity index (χ3v) is 25.3. The second-order valence-corrected chi connectivity index (χ2v) is 35.5. The topological polar surface area (TPSA) is 326 Å². The molecule has 0 bridgehead atoms. The molecule has 7 N–H and O–H groups in total. The van der Waals surface area contributed by atoms with Crippen molar-refractivity contribution in [3.8, 4) is 67.3 Å². The summed E-state index contributed by atoms with van der Waals surface area (Å²) >= 11 is 0. The van der Waals surface area contributed by atoms with Crippen LogP contribution in [0.25, 0.3) is 88.8 Å². The number of amides is 6. The molecule has 8 heterocycles. The highest BCUT2D eigenvalue weighted by Gasteiger charge is 2.42. The highest BCUT2D eigenvalue weighted by Crippen LogP contribution is 2.41. The van der Waals surface area contributed by atoms with Crippen LogP contribution in [-0.4, -0.2) is 201 Å². The maximum atomic E-state index is 14.3. The van der Waals surface area contributed by atoms with Crippen LogP contribution in [0.2, 0.25) is 0 Å². The SMILES string of the molecule is CCN(CC)C(C(=O)N1CCC[C@H]1c1ncc(-c2ccc(-c3ccc4cc(-c5cnc([C@@H]6CCCN6C(=O)[C@@H](NC(=O)OC)C(C)C)[nH]5)ccc4c3)cc2)[nH]1)c1ccccc1.CCN(CC)C(C(=O)O)c1ccccc1.COC(=O)N[C@H](C(=O)N1CCC[C@H]1c1ncc(-c2ccc3cc(-c4ccc(-c5cnc([C@@H]6CCCN6C(=O)OC(C)(C)C)[nH]5)cc4)ccc3c2)[nH]1)C(C)C. The predicted molar refractivity (Wildman–Crippen MR) is 505 cm³/mol. The number of benzene rings is 8. The molecule has 0 aliphatic carbocycles. The number of carbonyl (C=O) groups excluding carboxylic acids is 6. The van der Waals surface area contributed by atoms with E-state index < -0.39 is 41.9 Å². The molecule has 4 aromatic heterocycles. The fourth-order valence-corrected chi connectivity index (χ4v) is 18.4. The number of carboxylic acid groups (broad SMARTS) is 1. The number of likely N-dealkylation sites (tertiary alicyclic amines) is 4. The lowest BCUT2D eigenvalue weighted by Crippen LogP contribution is -2.51. The van der Waals surface area contributed by atoms with E-state index in [2.05, 4.69) is 188 Å². The summed E-state index contributed by atoms with van der Waals surface area (Å²) in [5, 5.41) is 19.1. The van der Waals surface area contributed by atoms with Gasteiger partial charge in [-0.2, -0.15) is 0 Å². The van der Waals surface area contributed by atoms with Crippen LogP contribution < -0.4 is 10.6 Å². The molecule has 27 nitrogen and oxygen atoms in total. The normalized spacial score (nSPS) is 17.2. The van der Waals surface area contributed by atoms with E-state index in [0.717, 1.165) is 207 Å². The number of aliphatic carboxylic acids is 1. The summed E-state index contributed by atoms with van der Waals surface area (Å²) in [4.78, 5) is 134. The summed E-state index contributed by atoms with van der Waals surface area (Å²) < 4.78 is 15.2. The van der Waals surface area contributed by atoms with Crippen molar-refractivity contribution in [2.45, 2.75) is 181 Å². The van der Waals surface area contributed by atoms with Gasteiger partial charge in [0.2, 0.25) is 17.7 Å². The van der Waals surface area contributed by atoms with Gasteiger partial charge in [-0.1, -0.05) is 213 Å². The highest BCUT2D eigenvalue weighted by atomic mass is 16.6. The number of nitrogens with zero attached hydrogens (tertiary/aromatic N) is 10. The number of likely N-dealkylation sites (N-methyl/N-ethyl adjacent to an activating group) is 2. The van der Waals surface area contributed by atoms with Crippen LogP contribution in [0.1, 0.15) is 198 Å². The number of hydrogen-bond donors (Lipinski definition) is 7. The van der Waals surface area contributed by atoms with Crippen LogP contribution in [-0.2, 0) is 33.4 Å². The maximum Gasteiger partial charge on any atom is 0.410 e. The standard InChI is InChI=1S/C49H56N8O4.C42H49N7O5.C12H17NO2/c1-6-55(7-2)44(34-13-9-8-10-14-34)48(59)57-26-12-16-42(57)46-50-29-39(52-46)33-19-17-32(18-20-33)35-21-22-37-28-38(24-23-36(37)27-35)40-30-51-45(53-40)41-15-11-25-56(41)47(58)43(31(3)4)54-49(60)61-5;1-25(2)36(47-40(51)53-6)39(50)48-19-7-9-34(48)37-44-24-33(46-37)31-18-17-29-21-28(15-16-30(29)22-31)26-11-13-27(14-12-26)32-23-43-38(45-32)35-10-8-20-49(35)41(52)54-42(3,4)5;1-3-13(4-2)11(12(14)15)10-8-6-5-7-9-10/h8-10,13-14,17-24,27-31,41-44H,6-7,11-12,15-16,25-26H2,1-5H3,(H,50,52)(H,51,53)(H,54,60);11-18,21-25,34-36H,7-10,19-20H2,1-6H3,(H,43,45)(H,44,46)(H,47,51);5-9,11H,3-4H2,1-2H3,(H,14,15)/t41-,42-,43-,44?;34-,35-,36-;/m00./s1. The number of nitrogens with one attached hydrogen (secondary N) is 6. The van der Waals surface area contributed by atoms with E-state index in [9.17, 15) is 38.7 Å². The van der Waals surface area contributed by atoms with Crippen LogP contribution in [0.5, 0.6) is 0 Å². The van der Waals surface area contributed by atoms with Gasteiger partial charge in [0, 0.05) is 37.3 Å². The molecule has 0 saturated carbocycles. The number of ether oxygens (including phenoxy) is 3. The first-order valence-corrected chi connectivity index (χ1v) is 45.7. The van der Waals surface area contributed by atoms with Gasteiger partial charge >= 0.3 is 24.2 Å². The number of carbonyl (C=O) groups is 7. The number of aromatic nitrogens is 8. The van der Waals surface area contributed by atoms with E-state index in [4.69, 9.17) is 29.2 Å². The monoisotopic (exact) mass is 1760 g/mol. The minimum atomic E-state index is -0.787. The fraction of sp³-hybridized carbons (Fsp3) is 0.388. The molecule has 4 aliphatic heterocycles. The van der Waals surface area contributed by atoms with Crippen LogP contribution in [0.15, 0.2) is 207 Å². The number of alkyl carbamates (subject to hydrolysis) is 2. The number of fused-ring (bicyclic) bond motifs is 2. The molecular formula is C103H122N16O11. The molecule has 16 rings (SSSR count). The number of aromatic amines is 4. The largest absolute Gasteiger partial charge is 0.480 e. The van der Waals surface area contributed by atoms with Crippen molar-refractivity contribution in [3.63, 3.8) is 0 Å². The zero-order chi connectivity index (χ0) is 92.0. The lowest BCUT2D eigenvalue weighted by molar-refractivity contribution is -0.143. The Hall–Kier alpha value is -13.3. The first kappa shape index (κ1) is 92.9. The molecule has 8 aromatic carbocycles. The highest BCUT2D eigenvalue weighted by molar-refractivity contribution is 5.93. The van der Waals surface area contributed by atoms with Gasteiger partial charge in [-0.3, -0.25) is 33.9 Å². The average molecular weight is 1760 g/mol. The average Bonchev–Trinajstić information content (AvgIpc) is 1.74. The Morgan fingerprint density at radius 2 is 0.692 bits per heavy atom. The molecule has 0 spiro atoms. The first-order chi connectivity index (χ1) is 62.7. The molecule has 6 amide bonds. The Balaban J connectivity index is 0.000000182. The van der Waals surface area contributed by atoms with Crippen LogP contribution in [0.4, 0.5) is 14.4 Å². The van der Waals surface area contributed by atoms with E-state index in [1.165, 1.54) is 14.2 Å². The number of rotatable bonds is 26. The lowest BCUT2D eigenvalue weighted by atomic mass is 9.98. The van der Waals surface area contributed by atoms with Crippen molar-refractivity contribution >= 4 is 63.5 Å². The summed E-state index contributed by atoms with van der Waals surface area (Å²) in [5.74, 6) is 1.98. The summed E-state index contributed by atoms with van der Waals surface area (Å²) in [6, 6.07) is 59.3. The zero-order valence-corrected chi connectivity index (χ0v) is 76.7. The lowest BCUT2D eigenvalue weighted by Gasteiger charge is -2.34. The molecule has 0 radical (unpaired) electrons. The molecule has 4 fully saturated rings. The van der Waals surface area contributed by atoms with Crippen LogP contribution >= 0.6 is 0 Å². The van der Waals surface area contributed by atoms with Gasteiger partial charge in [-0.05, 0) is 200 Å². The van der Waals surface area contributed by atoms with Crippen LogP contribution in [0.3, 0.4) is 0 Å². The maximum absolute atomic E-state index is 14.3. The smallest absolute Gasteiger partial charge is 0.410 e. The number of hydrogen-bond acceptors (Lipinski definition) is 16. The van der Waals surface area contributed by atoms with Crippen molar-refractivity contribution in [2.24, 2.45) is 11.8 Å². The van der Waals surface area contributed by atoms with E-state index in [-0.39, 0.29) is 65.9 Å². The van der Waals surface area contributed by atoms with Gasteiger partial charge in [0.05, 0.1) is 86.0 Å². The number of methoxy groups -OCH3 is 2. The predicted octanol–water partition coefficient (Wildman–Crippen LogP) is 19.6. The minimum Gasteiger partial charge on any atom is -0.480 e. The Labute approximate surface area is 760 Å². The summed E-state index contributed by atoms with van der Waals surface area (Å²) in [6.45, 7) is 27.1. The molecule has 4 aliphatic rings. The molecule has 4 saturated heterocycles. The Kier molecular flexibility index (Phi) is 29.9. The molecule has 27 heteroatoms. The quantitative estimate of drug-likeness (QED) is 0.0248. The second kappa shape index (κ2) is 41.9. The van der Waals surface area contributed by atoms with Gasteiger partial charge < -0.3 is 64.6 Å². The van der Waals surface area contributed by atoms with Crippen molar-refractivity contribution in [1.29, 1.82) is 0 Å². The van der Waals surface area contributed by atoms with Gasteiger partial charge in [0.1, 0.15) is 53.1 Å². The summed E-state index contributed by atoms with van der Waals surface area (Å²) in [6.07, 6.45) is 12.7. The first-order valence-electron chi connectivity index (χ1n) is 45.7. The van der Waals surface area contributed by atoms with Gasteiger partial charge in [-0.15, -0.1) is 0 Å². The van der Waals surface area contributed by atoms with E-state index in [1.807, 2.05) is 155 Å². The summed E-state index contributed by atoms with van der Waals surface area (Å²) in [5.41, 5.74) is 13.4. The molecule has 130 heavy (non-hydrogen) atoms. The minimum absolute atomic E-state index is 0.0927. The third-order valence-electron chi connectivity index (χ3n) is 25.3. The number of imidazole rings is 4. The van der Waals surface area contributed by atoms with Crippen molar-refractivity contribution in [1.82, 2.24) is 79.9 Å². The molecule has 12 aromatic rings.